The van der Waals surface area contributed by atoms with E-state index in [9.17, 15) is 18.4 Å². The standard InChI is InChI=1S/C24H22F2N2O3S2/c1-15-19(23(30)28-11-13-31-14-12-28)22(33-20(15)16-5-3-2-4-6-16)27-21(29)17-7-9-18(10-8-17)32-24(25)26/h2-10,24H,11-14H2,1H3,(H,27,29). The zero-order valence-electron chi connectivity index (χ0n) is 17.8. The number of carbonyl (C=O) groups is 2. The number of hydrogen-bond acceptors (Lipinski definition) is 5. The molecule has 172 valence electrons. The van der Waals surface area contributed by atoms with E-state index < -0.39 is 11.7 Å². The summed E-state index contributed by atoms with van der Waals surface area (Å²) < 4.78 is 30.5. The van der Waals surface area contributed by atoms with E-state index in [0.29, 0.717) is 59.1 Å². The van der Waals surface area contributed by atoms with Gasteiger partial charge in [0.2, 0.25) is 0 Å². The Balaban J connectivity index is 1.65. The number of carbonyl (C=O) groups excluding carboxylic acids is 2. The highest BCUT2D eigenvalue weighted by molar-refractivity contribution is 7.99. The molecule has 1 aliphatic heterocycles. The molecule has 1 saturated heterocycles. The molecule has 0 aliphatic carbocycles. The molecule has 1 N–H and O–H groups in total. The molecular weight excluding hydrogens is 466 g/mol. The summed E-state index contributed by atoms with van der Waals surface area (Å²) in [5.41, 5.74) is 2.57. The van der Waals surface area contributed by atoms with Crippen LogP contribution in [0.4, 0.5) is 13.8 Å². The zero-order valence-corrected chi connectivity index (χ0v) is 19.5. The van der Waals surface area contributed by atoms with Crippen LogP contribution in [0, 0.1) is 6.92 Å². The quantitative estimate of drug-likeness (QED) is 0.448. The van der Waals surface area contributed by atoms with Crippen molar-refractivity contribution in [2.24, 2.45) is 0 Å². The van der Waals surface area contributed by atoms with E-state index in [2.05, 4.69) is 5.32 Å². The molecule has 2 aromatic carbocycles. The second-order valence-corrected chi connectivity index (χ2v) is 9.47. The van der Waals surface area contributed by atoms with Crippen molar-refractivity contribution in [3.63, 3.8) is 0 Å². The van der Waals surface area contributed by atoms with Crippen LogP contribution in [0.5, 0.6) is 0 Å². The van der Waals surface area contributed by atoms with Crippen molar-refractivity contribution in [3.8, 4) is 10.4 Å². The Morgan fingerprint density at radius 2 is 1.73 bits per heavy atom. The van der Waals surface area contributed by atoms with Crippen LogP contribution in [0.15, 0.2) is 59.5 Å². The first-order valence-electron chi connectivity index (χ1n) is 10.4. The lowest BCUT2D eigenvalue weighted by Crippen LogP contribution is -2.41. The van der Waals surface area contributed by atoms with Crippen LogP contribution >= 0.6 is 23.1 Å². The summed E-state index contributed by atoms with van der Waals surface area (Å²) in [6.45, 7) is 3.83. The lowest BCUT2D eigenvalue weighted by atomic mass is 10.1. The van der Waals surface area contributed by atoms with Gasteiger partial charge in [-0.05, 0) is 42.3 Å². The molecule has 9 heteroatoms. The van der Waals surface area contributed by atoms with E-state index in [0.717, 1.165) is 16.0 Å². The number of benzene rings is 2. The van der Waals surface area contributed by atoms with Gasteiger partial charge in [0, 0.05) is 28.4 Å². The molecule has 0 saturated carbocycles. The van der Waals surface area contributed by atoms with Gasteiger partial charge >= 0.3 is 0 Å². The van der Waals surface area contributed by atoms with Crippen LogP contribution in [-0.2, 0) is 4.74 Å². The molecule has 1 fully saturated rings. The van der Waals surface area contributed by atoms with Gasteiger partial charge < -0.3 is 15.0 Å². The third-order valence-electron chi connectivity index (χ3n) is 5.26. The normalized spacial score (nSPS) is 13.9. The number of thiophene rings is 1. The van der Waals surface area contributed by atoms with Crippen LogP contribution in [0.1, 0.15) is 26.3 Å². The smallest absolute Gasteiger partial charge is 0.288 e. The van der Waals surface area contributed by atoms with Gasteiger partial charge in [-0.25, -0.2) is 0 Å². The number of amides is 2. The Morgan fingerprint density at radius 1 is 1.06 bits per heavy atom. The molecule has 2 amide bonds. The number of morpholine rings is 1. The summed E-state index contributed by atoms with van der Waals surface area (Å²) in [5, 5.41) is 3.36. The second-order valence-electron chi connectivity index (χ2n) is 7.39. The summed E-state index contributed by atoms with van der Waals surface area (Å²) in [6.07, 6.45) is 0. The minimum Gasteiger partial charge on any atom is -0.378 e. The maximum absolute atomic E-state index is 13.4. The van der Waals surface area contributed by atoms with E-state index >= 15 is 0 Å². The molecule has 1 aliphatic rings. The van der Waals surface area contributed by atoms with Gasteiger partial charge in [0.25, 0.3) is 17.6 Å². The van der Waals surface area contributed by atoms with Crippen molar-refractivity contribution in [3.05, 3.63) is 71.3 Å². The van der Waals surface area contributed by atoms with Crippen molar-refractivity contribution in [1.29, 1.82) is 0 Å². The third kappa shape index (κ3) is 5.43. The number of nitrogens with zero attached hydrogens (tertiary/aromatic N) is 1. The molecule has 0 spiro atoms. The van der Waals surface area contributed by atoms with Crippen molar-refractivity contribution >= 4 is 39.9 Å². The summed E-state index contributed by atoms with van der Waals surface area (Å²) >= 11 is 1.78. The average Bonchev–Trinajstić information content (AvgIpc) is 3.15. The highest BCUT2D eigenvalue weighted by Crippen LogP contribution is 2.41. The fourth-order valence-electron chi connectivity index (χ4n) is 3.61. The topological polar surface area (TPSA) is 58.6 Å². The van der Waals surface area contributed by atoms with E-state index in [1.807, 2.05) is 37.3 Å². The molecule has 5 nitrogen and oxygen atoms in total. The molecular formula is C24H22F2N2O3S2. The van der Waals surface area contributed by atoms with Crippen LogP contribution in [0.2, 0.25) is 0 Å². The number of rotatable bonds is 6. The number of nitrogens with one attached hydrogen (secondary N) is 1. The van der Waals surface area contributed by atoms with Crippen LogP contribution < -0.4 is 5.32 Å². The first-order chi connectivity index (χ1) is 15.9. The molecule has 0 bridgehead atoms. The van der Waals surface area contributed by atoms with Crippen LogP contribution in [0.25, 0.3) is 10.4 Å². The number of thioether (sulfide) groups is 1. The second kappa shape index (κ2) is 10.5. The maximum Gasteiger partial charge on any atom is 0.288 e. The third-order valence-corrected chi connectivity index (χ3v) is 7.24. The van der Waals surface area contributed by atoms with E-state index in [-0.39, 0.29) is 5.91 Å². The van der Waals surface area contributed by atoms with Gasteiger partial charge in [0.05, 0.1) is 18.8 Å². The van der Waals surface area contributed by atoms with E-state index in [1.165, 1.54) is 35.6 Å². The SMILES string of the molecule is Cc1c(-c2ccccc2)sc(NC(=O)c2ccc(SC(F)F)cc2)c1C(=O)N1CCOCC1. The summed E-state index contributed by atoms with van der Waals surface area (Å²) in [5.74, 6) is -3.07. The molecule has 1 aromatic heterocycles. The minimum atomic E-state index is -2.52. The predicted molar refractivity (Wildman–Crippen MR) is 127 cm³/mol. The van der Waals surface area contributed by atoms with Crippen molar-refractivity contribution in [2.45, 2.75) is 17.6 Å². The molecule has 3 aromatic rings. The van der Waals surface area contributed by atoms with Crippen molar-refractivity contribution in [2.75, 3.05) is 31.6 Å². The minimum absolute atomic E-state index is 0.145. The summed E-state index contributed by atoms with van der Waals surface area (Å²) in [6, 6.07) is 15.7. The first-order valence-corrected chi connectivity index (χ1v) is 12.1. The number of alkyl halides is 2. The Labute approximate surface area is 198 Å². The highest BCUT2D eigenvalue weighted by atomic mass is 32.2. The van der Waals surface area contributed by atoms with Gasteiger partial charge in [0.1, 0.15) is 5.00 Å². The fraction of sp³-hybridized carbons (Fsp3) is 0.250. The molecule has 4 rings (SSSR count). The lowest BCUT2D eigenvalue weighted by Gasteiger charge is -2.27. The van der Waals surface area contributed by atoms with Gasteiger partial charge in [-0.2, -0.15) is 8.78 Å². The molecule has 2 heterocycles. The molecule has 0 radical (unpaired) electrons. The largest absolute Gasteiger partial charge is 0.378 e. The average molecular weight is 489 g/mol. The van der Waals surface area contributed by atoms with Crippen LogP contribution in [-0.4, -0.2) is 48.8 Å². The van der Waals surface area contributed by atoms with Crippen LogP contribution in [0.3, 0.4) is 0 Å². The number of halogens is 2. The van der Waals surface area contributed by atoms with Crippen molar-refractivity contribution in [1.82, 2.24) is 4.90 Å². The van der Waals surface area contributed by atoms with Crippen molar-refractivity contribution < 1.29 is 23.1 Å². The lowest BCUT2D eigenvalue weighted by molar-refractivity contribution is 0.0303. The first kappa shape index (κ1) is 23.4. The van der Waals surface area contributed by atoms with E-state index in [4.69, 9.17) is 4.74 Å². The van der Waals surface area contributed by atoms with E-state index in [1.54, 1.807) is 4.90 Å². The zero-order chi connectivity index (χ0) is 23.4. The molecule has 33 heavy (non-hydrogen) atoms. The summed E-state index contributed by atoms with van der Waals surface area (Å²) in [7, 11) is 0. The Hall–Kier alpha value is -2.75. The fourth-order valence-corrected chi connectivity index (χ4v) is 5.31. The van der Waals surface area contributed by atoms with Gasteiger partial charge in [-0.15, -0.1) is 11.3 Å². The Bertz CT molecular complexity index is 1130. The predicted octanol–water partition coefficient (Wildman–Crippen LogP) is 5.76. The Morgan fingerprint density at radius 3 is 2.36 bits per heavy atom. The summed E-state index contributed by atoms with van der Waals surface area (Å²) in [4.78, 5) is 29.4. The van der Waals surface area contributed by atoms with Gasteiger partial charge in [-0.3, -0.25) is 9.59 Å². The molecule has 0 atom stereocenters. The number of ether oxygens (including phenoxy) is 1. The monoisotopic (exact) mass is 488 g/mol. The number of anilines is 1. The maximum atomic E-state index is 13.4. The van der Waals surface area contributed by atoms with Gasteiger partial charge in [-0.1, -0.05) is 42.1 Å². The Kier molecular flexibility index (Phi) is 7.42. The number of hydrogen-bond donors (Lipinski definition) is 1. The molecule has 0 unspecified atom stereocenters. The van der Waals surface area contributed by atoms with Gasteiger partial charge in [0.15, 0.2) is 0 Å². The highest BCUT2D eigenvalue weighted by Gasteiger charge is 2.28.